The number of carbonyl (C=O) groups excluding carboxylic acids is 1. The lowest BCUT2D eigenvalue weighted by Crippen LogP contribution is -2.43. The van der Waals surface area contributed by atoms with Crippen LogP contribution in [0, 0.1) is 0 Å². The Morgan fingerprint density at radius 1 is 1.04 bits per heavy atom. The monoisotopic (exact) mass is 325 g/mol. The zero-order valence-corrected chi connectivity index (χ0v) is 14.0. The molecule has 0 amide bonds. The molecule has 1 aliphatic rings. The van der Waals surface area contributed by atoms with Crippen molar-refractivity contribution in [3.8, 4) is 5.75 Å². The van der Waals surface area contributed by atoms with E-state index in [1.165, 1.54) is 0 Å². The van der Waals surface area contributed by atoms with E-state index in [-0.39, 0.29) is 12.4 Å². The van der Waals surface area contributed by atoms with Gasteiger partial charge in [0.05, 0.1) is 13.5 Å². The van der Waals surface area contributed by atoms with Crippen molar-refractivity contribution in [2.45, 2.75) is 24.9 Å². The molecule has 4 nitrogen and oxygen atoms in total. The molecule has 2 aromatic carbocycles. The van der Waals surface area contributed by atoms with Gasteiger partial charge in [-0.05, 0) is 36.3 Å². The third-order valence-corrected chi connectivity index (χ3v) is 4.53. The van der Waals surface area contributed by atoms with E-state index in [1.54, 1.807) is 7.11 Å². The highest BCUT2D eigenvalue weighted by Gasteiger charge is 2.37. The lowest BCUT2D eigenvalue weighted by molar-refractivity contribution is -0.163. The van der Waals surface area contributed by atoms with Gasteiger partial charge in [0.25, 0.3) is 0 Å². The van der Waals surface area contributed by atoms with Gasteiger partial charge >= 0.3 is 5.97 Å². The molecule has 1 heterocycles. The fraction of sp³-hybridized carbons (Fsp3) is 0.350. The number of benzene rings is 2. The van der Waals surface area contributed by atoms with Gasteiger partial charge in [-0.2, -0.15) is 0 Å². The Labute approximate surface area is 142 Å². The summed E-state index contributed by atoms with van der Waals surface area (Å²) in [7, 11) is 1.63. The van der Waals surface area contributed by atoms with Crippen molar-refractivity contribution in [3.63, 3.8) is 0 Å². The average Bonchev–Trinajstić information content (AvgIpc) is 2.64. The fourth-order valence-corrected chi connectivity index (χ4v) is 3.19. The van der Waals surface area contributed by atoms with Crippen LogP contribution in [0.5, 0.6) is 5.75 Å². The van der Waals surface area contributed by atoms with E-state index in [0.717, 1.165) is 42.8 Å². The topological polar surface area (TPSA) is 47.6 Å². The summed E-state index contributed by atoms with van der Waals surface area (Å²) in [4.78, 5) is 12.5. The van der Waals surface area contributed by atoms with Crippen LogP contribution < -0.4 is 10.1 Å². The Morgan fingerprint density at radius 2 is 1.71 bits per heavy atom. The van der Waals surface area contributed by atoms with Crippen molar-refractivity contribution >= 4 is 5.97 Å². The van der Waals surface area contributed by atoms with E-state index in [0.29, 0.717) is 0 Å². The first-order valence-corrected chi connectivity index (χ1v) is 8.33. The lowest BCUT2D eigenvalue weighted by Gasteiger charge is -2.37. The molecule has 1 fully saturated rings. The summed E-state index contributed by atoms with van der Waals surface area (Å²) in [5.74, 6) is 0.595. The van der Waals surface area contributed by atoms with Gasteiger partial charge in [-0.25, -0.2) is 0 Å². The molecule has 3 rings (SSSR count). The molecular weight excluding hydrogens is 302 g/mol. The summed E-state index contributed by atoms with van der Waals surface area (Å²) in [6.45, 7) is 1.70. The zero-order valence-electron chi connectivity index (χ0n) is 14.0. The molecule has 1 aliphatic heterocycles. The Balaban J connectivity index is 1.73. The second-order valence-corrected chi connectivity index (χ2v) is 6.11. The van der Waals surface area contributed by atoms with Gasteiger partial charge < -0.3 is 14.8 Å². The second-order valence-electron chi connectivity index (χ2n) is 6.11. The van der Waals surface area contributed by atoms with Crippen molar-refractivity contribution in [3.05, 3.63) is 65.7 Å². The normalized spacial score (nSPS) is 16.4. The highest BCUT2D eigenvalue weighted by molar-refractivity contribution is 5.73. The van der Waals surface area contributed by atoms with Crippen LogP contribution in [-0.2, 0) is 21.6 Å². The molecule has 24 heavy (non-hydrogen) atoms. The first-order chi connectivity index (χ1) is 11.7. The molecule has 0 atom stereocenters. The molecule has 0 saturated carbocycles. The minimum atomic E-state index is -0.518. The number of hydrogen-bond acceptors (Lipinski definition) is 4. The van der Waals surface area contributed by atoms with Crippen molar-refractivity contribution in [1.29, 1.82) is 0 Å². The van der Waals surface area contributed by atoms with Crippen LogP contribution in [0.4, 0.5) is 0 Å². The van der Waals surface area contributed by atoms with Crippen LogP contribution >= 0.6 is 0 Å². The van der Waals surface area contributed by atoms with E-state index in [1.807, 2.05) is 54.6 Å². The molecule has 1 N–H and O–H groups in total. The van der Waals surface area contributed by atoms with E-state index in [4.69, 9.17) is 9.47 Å². The number of piperidine rings is 1. The summed E-state index contributed by atoms with van der Waals surface area (Å²) in [5.41, 5.74) is 1.49. The van der Waals surface area contributed by atoms with E-state index in [9.17, 15) is 4.79 Å². The van der Waals surface area contributed by atoms with E-state index < -0.39 is 5.60 Å². The van der Waals surface area contributed by atoms with Crippen LogP contribution in [0.1, 0.15) is 24.0 Å². The van der Waals surface area contributed by atoms with Crippen molar-refractivity contribution in [2.75, 3.05) is 20.2 Å². The van der Waals surface area contributed by atoms with Crippen LogP contribution in [0.25, 0.3) is 0 Å². The van der Waals surface area contributed by atoms with E-state index >= 15 is 0 Å². The quantitative estimate of drug-likeness (QED) is 0.858. The van der Waals surface area contributed by atoms with Crippen molar-refractivity contribution < 1.29 is 14.3 Å². The number of nitrogens with one attached hydrogen (secondary N) is 1. The van der Waals surface area contributed by atoms with Gasteiger partial charge in [0, 0.05) is 12.8 Å². The molecule has 2 aromatic rings. The highest BCUT2D eigenvalue weighted by Crippen LogP contribution is 2.35. The van der Waals surface area contributed by atoms with Gasteiger partial charge in [-0.15, -0.1) is 0 Å². The summed E-state index contributed by atoms with van der Waals surface area (Å²) in [6, 6.07) is 17.6. The number of esters is 1. The molecule has 4 heteroatoms. The molecule has 1 saturated heterocycles. The summed E-state index contributed by atoms with van der Waals surface area (Å²) >= 11 is 0. The van der Waals surface area contributed by atoms with E-state index in [2.05, 4.69) is 5.32 Å². The summed E-state index contributed by atoms with van der Waals surface area (Å²) in [6.07, 6.45) is 1.86. The number of methoxy groups -OCH3 is 1. The maximum atomic E-state index is 12.5. The Bertz CT molecular complexity index is 661. The van der Waals surface area contributed by atoms with Crippen LogP contribution in [0.2, 0.25) is 0 Å². The van der Waals surface area contributed by atoms with Gasteiger partial charge in [0.2, 0.25) is 0 Å². The van der Waals surface area contributed by atoms with Crippen molar-refractivity contribution in [2.24, 2.45) is 0 Å². The molecule has 0 aromatic heterocycles. The second kappa shape index (κ2) is 7.49. The zero-order chi connectivity index (χ0) is 16.8. The molecular formula is C20H23NO3. The fourth-order valence-electron chi connectivity index (χ4n) is 3.19. The maximum absolute atomic E-state index is 12.5. The molecule has 0 spiro atoms. The van der Waals surface area contributed by atoms with Gasteiger partial charge in [-0.3, -0.25) is 4.79 Å². The SMILES string of the molecule is COc1ccc(CC(=O)OC2(c3ccccc3)CCNCC2)cc1. The van der Waals surface area contributed by atoms with Gasteiger partial charge in [0.15, 0.2) is 0 Å². The van der Waals surface area contributed by atoms with Crippen LogP contribution in [0.3, 0.4) is 0 Å². The predicted molar refractivity (Wildman–Crippen MR) is 93.0 cm³/mol. The maximum Gasteiger partial charge on any atom is 0.311 e. The average molecular weight is 325 g/mol. The van der Waals surface area contributed by atoms with Gasteiger partial charge in [-0.1, -0.05) is 42.5 Å². The number of carbonyl (C=O) groups is 1. The van der Waals surface area contributed by atoms with Crippen molar-refractivity contribution in [1.82, 2.24) is 5.32 Å². The number of ether oxygens (including phenoxy) is 2. The van der Waals surface area contributed by atoms with Crippen LogP contribution in [0.15, 0.2) is 54.6 Å². The highest BCUT2D eigenvalue weighted by atomic mass is 16.6. The molecule has 126 valence electrons. The first kappa shape index (κ1) is 16.5. The number of hydrogen-bond donors (Lipinski definition) is 1. The molecule has 0 unspecified atom stereocenters. The minimum Gasteiger partial charge on any atom is -0.497 e. The summed E-state index contributed by atoms with van der Waals surface area (Å²) in [5, 5.41) is 3.34. The Kier molecular flexibility index (Phi) is 5.16. The molecule has 0 aliphatic carbocycles. The lowest BCUT2D eigenvalue weighted by atomic mass is 9.84. The minimum absolute atomic E-state index is 0.189. The summed E-state index contributed by atoms with van der Waals surface area (Å²) < 4.78 is 11.2. The Morgan fingerprint density at radius 3 is 2.33 bits per heavy atom. The Hall–Kier alpha value is -2.33. The number of rotatable bonds is 5. The smallest absolute Gasteiger partial charge is 0.311 e. The van der Waals surface area contributed by atoms with Crippen LogP contribution in [-0.4, -0.2) is 26.2 Å². The molecule has 0 radical (unpaired) electrons. The van der Waals surface area contributed by atoms with Gasteiger partial charge in [0.1, 0.15) is 11.4 Å². The predicted octanol–water partition coefficient (Wildman–Crippen LogP) is 3.06. The standard InChI is InChI=1S/C20H23NO3/c1-23-18-9-7-16(8-10-18)15-19(22)24-20(11-13-21-14-12-20)17-5-3-2-4-6-17/h2-10,21H,11-15H2,1H3. The third kappa shape index (κ3) is 3.77. The first-order valence-electron chi connectivity index (χ1n) is 8.33. The largest absolute Gasteiger partial charge is 0.497 e. The third-order valence-electron chi connectivity index (χ3n) is 4.53. The molecule has 0 bridgehead atoms.